The Hall–Kier alpha value is -2.28. The number of nitrogens with zero attached hydrogens (tertiary/aromatic N) is 4. The molecule has 7 heteroatoms. The van der Waals surface area contributed by atoms with E-state index in [1.807, 2.05) is 29.2 Å². The van der Waals surface area contributed by atoms with E-state index in [-0.39, 0.29) is 11.9 Å². The summed E-state index contributed by atoms with van der Waals surface area (Å²) in [6.07, 6.45) is 2.50. The number of carbonyl (C=O) groups excluding carboxylic acids is 1. The minimum atomic E-state index is -0.000926. The number of H-pyrrole nitrogens is 1. The lowest BCUT2D eigenvalue weighted by atomic mass is 9.99. The second-order valence-corrected chi connectivity index (χ2v) is 6.16. The quantitative estimate of drug-likeness (QED) is 0.867. The number of rotatable bonds is 3. The number of benzene rings is 1. The fraction of sp³-hybridized carbons (Fsp3) is 0.467. The van der Waals surface area contributed by atoms with Crippen molar-refractivity contribution in [2.24, 2.45) is 17.6 Å². The average Bonchev–Trinajstić information content (AvgIpc) is 3.09. The van der Waals surface area contributed by atoms with E-state index in [9.17, 15) is 4.79 Å². The van der Waals surface area contributed by atoms with Crippen LogP contribution in [0.25, 0.3) is 11.4 Å². The van der Waals surface area contributed by atoms with Crippen molar-refractivity contribution in [2.45, 2.75) is 18.9 Å². The first kappa shape index (κ1) is 13.4. The van der Waals surface area contributed by atoms with Crippen LogP contribution in [0.3, 0.4) is 0 Å². The van der Waals surface area contributed by atoms with E-state index in [4.69, 9.17) is 5.73 Å². The monoisotopic (exact) mass is 298 g/mol. The summed E-state index contributed by atoms with van der Waals surface area (Å²) >= 11 is 0. The third-order valence-corrected chi connectivity index (χ3v) is 4.67. The molecule has 0 radical (unpaired) electrons. The minimum absolute atomic E-state index is 0.000926. The highest BCUT2D eigenvalue weighted by atomic mass is 16.2. The SMILES string of the molecule is N[C@H]1CN(C(=O)c2ccccc2-c2nn[nH]n2)C[C@@H]1C1CC1. The van der Waals surface area contributed by atoms with Crippen molar-refractivity contribution in [2.75, 3.05) is 13.1 Å². The van der Waals surface area contributed by atoms with Crippen LogP contribution < -0.4 is 5.73 Å². The normalized spacial score (nSPS) is 24.7. The van der Waals surface area contributed by atoms with Gasteiger partial charge in [-0.15, -0.1) is 10.2 Å². The second-order valence-electron chi connectivity index (χ2n) is 6.16. The first-order valence-corrected chi connectivity index (χ1v) is 7.61. The predicted octanol–water partition coefficient (Wildman–Crippen LogP) is 0.676. The Bertz CT molecular complexity index is 681. The van der Waals surface area contributed by atoms with Gasteiger partial charge in [-0.25, -0.2) is 0 Å². The largest absolute Gasteiger partial charge is 0.337 e. The van der Waals surface area contributed by atoms with Gasteiger partial charge in [-0.1, -0.05) is 18.2 Å². The molecule has 1 saturated heterocycles. The molecule has 1 saturated carbocycles. The number of likely N-dealkylation sites (tertiary alicyclic amines) is 1. The van der Waals surface area contributed by atoms with Gasteiger partial charge in [0.2, 0.25) is 5.82 Å². The topological polar surface area (TPSA) is 101 Å². The molecule has 0 bridgehead atoms. The molecule has 2 atom stereocenters. The van der Waals surface area contributed by atoms with E-state index in [1.165, 1.54) is 12.8 Å². The van der Waals surface area contributed by atoms with Crippen LogP contribution in [0, 0.1) is 11.8 Å². The molecule has 0 spiro atoms. The lowest BCUT2D eigenvalue weighted by molar-refractivity contribution is 0.0785. The standard InChI is InChI=1S/C15H18N6O/c16-13-8-21(7-12(13)9-5-6-9)15(22)11-4-2-1-3-10(11)14-17-19-20-18-14/h1-4,9,12-13H,5-8,16H2,(H,17,18,19,20)/t12-,13+/m1/s1. The molecule has 2 heterocycles. The molecule has 2 aromatic rings. The Kier molecular flexibility index (Phi) is 3.15. The van der Waals surface area contributed by atoms with E-state index in [1.54, 1.807) is 0 Å². The van der Waals surface area contributed by atoms with Crippen molar-refractivity contribution in [3.05, 3.63) is 29.8 Å². The fourth-order valence-corrected chi connectivity index (χ4v) is 3.35. The molecular weight excluding hydrogens is 280 g/mol. The van der Waals surface area contributed by atoms with Crippen molar-refractivity contribution >= 4 is 5.91 Å². The number of aromatic nitrogens is 4. The number of amides is 1. The molecule has 2 fully saturated rings. The number of hydrogen-bond acceptors (Lipinski definition) is 5. The van der Waals surface area contributed by atoms with Crippen molar-refractivity contribution in [1.82, 2.24) is 25.5 Å². The summed E-state index contributed by atoms with van der Waals surface area (Å²) in [5.41, 5.74) is 7.53. The minimum Gasteiger partial charge on any atom is -0.337 e. The van der Waals surface area contributed by atoms with Crippen LogP contribution in [0.4, 0.5) is 0 Å². The molecule has 7 nitrogen and oxygen atoms in total. The van der Waals surface area contributed by atoms with Gasteiger partial charge in [-0.3, -0.25) is 4.79 Å². The molecule has 0 unspecified atom stereocenters. The van der Waals surface area contributed by atoms with Crippen molar-refractivity contribution < 1.29 is 4.79 Å². The summed E-state index contributed by atoms with van der Waals surface area (Å²) < 4.78 is 0. The van der Waals surface area contributed by atoms with E-state index >= 15 is 0 Å². The van der Waals surface area contributed by atoms with Crippen LogP contribution in [-0.2, 0) is 0 Å². The van der Waals surface area contributed by atoms with E-state index in [0.717, 1.165) is 6.54 Å². The number of aromatic amines is 1. The van der Waals surface area contributed by atoms with Crippen LogP contribution >= 0.6 is 0 Å². The van der Waals surface area contributed by atoms with Gasteiger partial charge < -0.3 is 10.6 Å². The van der Waals surface area contributed by atoms with Crippen molar-refractivity contribution in [3.8, 4) is 11.4 Å². The van der Waals surface area contributed by atoms with Gasteiger partial charge in [-0.05, 0) is 36.0 Å². The molecule has 1 aliphatic carbocycles. The molecule has 1 aliphatic heterocycles. The fourth-order valence-electron chi connectivity index (χ4n) is 3.35. The Labute approximate surface area is 127 Å². The van der Waals surface area contributed by atoms with E-state index in [0.29, 0.717) is 35.3 Å². The Balaban J connectivity index is 1.61. The number of tetrazole rings is 1. The Morgan fingerprint density at radius 2 is 2.09 bits per heavy atom. The first-order chi connectivity index (χ1) is 10.7. The summed E-state index contributed by atoms with van der Waals surface area (Å²) in [6, 6.07) is 7.46. The molecule has 4 rings (SSSR count). The summed E-state index contributed by atoms with van der Waals surface area (Å²) in [4.78, 5) is 14.7. The smallest absolute Gasteiger partial charge is 0.254 e. The van der Waals surface area contributed by atoms with Gasteiger partial charge in [-0.2, -0.15) is 5.21 Å². The molecule has 22 heavy (non-hydrogen) atoms. The Morgan fingerprint density at radius 1 is 1.27 bits per heavy atom. The van der Waals surface area contributed by atoms with Crippen LogP contribution in [0.5, 0.6) is 0 Å². The molecule has 1 aromatic heterocycles. The van der Waals surface area contributed by atoms with Gasteiger partial charge in [0.05, 0.1) is 5.56 Å². The lowest BCUT2D eigenvalue weighted by Gasteiger charge is -2.17. The maximum atomic E-state index is 12.9. The third-order valence-electron chi connectivity index (χ3n) is 4.67. The number of carbonyl (C=O) groups is 1. The zero-order chi connectivity index (χ0) is 15.1. The molecule has 3 N–H and O–H groups in total. The van der Waals surface area contributed by atoms with Gasteiger partial charge in [0.1, 0.15) is 0 Å². The number of nitrogens with one attached hydrogen (secondary N) is 1. The predicted molar refractivity (Wildman–Crippen MR) is 79.7 cm³/mol. The molecule has 1 aromatic carbocycles. The second kappa shape index (κ2) is 5.17. The number of hydrogen-bond donors (Lipinski definition) is 2. The summed E-state index contributed by atoms with van der Waals surface area (Å²) in [6.45, 7) is 1.38. The third kappa shape index (κ3) is 2.27. The zero-order valence-electron chi connectivity index (χ0n) is 12.1. The average molecular weight is 298 g/mol. The van der Waals surface area contributed by atoms with E-state index in [2.05, 4.69) is 20.6 Å². The summed E-state index contributed by atoms with van der Waals surface area (Å²) in [7, 11) is 0. The van der Waals surface area contributed by atoms with E-state index < -0.39 is 0 Å². The molecule has 1 amide bonds. The highest BCUT2D eigenvalue weighted by molar-refractivity contribution is 6.00. The lowest BCUT2D eigenvalue weighted by Crippen LogP contribution is -2.32. The van der Waals surface area contributed by atoms with Gasteiger partial charge >= 0.3 is 0 Å². The molecular formula is C15H18N6O. The van der Waals surface area contributed by atoms with Crippen molar-refractivity contribution in [3.63, 3.8) is 0 Å². The number of nitrogens with two attached hydrogens (primary N) is 1. The maximum absolute atomic E-state index is 12.9. The van der Waals surface area contributed by atoms with Gasteiger partial charge in [0.15, 0.2) is 0 Å². The summed E-state index contributed by atoms with van der Waals surface area (Å²) in [5, 5.41) is 14.0. The van der Waals surface area contributed by atoms with Gasteiger partial charge in [0.25, 0.3) is 5.91 Å². The molecule has 2 aliphatic rings. The maximum Gasteiger partial charge on any atom is 0.254 e. The van der Waals surface area contributed by atoms with Gasteiger partial charge in [0, 0.05) is 24.7 Å². The van der Waals surface area contributed by atoms with Crippen LogP contribution in [0.2, 0.25) is 0 Å². The van der Waals surface area contributed by atoms with Crippen LogP contribution in [0.15, 0.2) is 24.3 Å². The van der Waals surface area contributed by atoms with Crippen LogP contribution in [0.1, 0.15) is 23.2 Å². The summed E-state index contributed by atoms with van der Waals surface area (Å²) in [5.74, 6) is 1.59. The van der Waals surface area contributed by atoms with Crippen LogP contribution in [-0.4, -0.2) is 50.6 Å². The van der Waals surface area contributed by atoms with Crippen molar-refractivity contribution in [1.29, 1.82) is 0 Å². The first-order valence-electron chi connectivity index (χ1n) is 7.61. The highest BCUT2D eigenvalue weighted by Gasteiger charge is 2.42. The highest BCUT2D eigenvalue weighted by Crippen LogP contribution is 2.41. The molecule has 114 valence electrons. The Morgan fingerprint density at radius 3 is 2.82 bits per heavy atom. The zero-order valence-corrected chi connectivity index (χ0v) is 12.1.